The average molecular weight is 378 g/mol. The fourth-order valence-electron chi connectivity index (χ4n) is 3.48. The zero-order valence-corrected chi connectivity index (χ0v) is 15.5. The van der Waals surface area contributed by atoms with E-state index in [1.54, 1.807) is 0 Å². The standard InChI is InChI=1S/C22H22N2O4/c1-2-11-24-19(12-20(23)25)21(26)22(27)28-13-18-16-9-5-3-7-14(16)15-8-4-6-10-17(15)18/h3-10,18-19H,1-2,11-13H2,(H2,23,25)/t19-/m0/s1. The van der Waals surface area contributed by atoms with Crippen LogP contribution in [-0.2, 0) is 19.1 Å². The number of ketones is 1. The van der Waals surface area contributed by atoms with E-state index in [0.29, 0.717) is 6.42 Å². The fourth-order valence-corrected chi connectivity index (χ4v) is 3.48. The van der Waals surface area contributed by atoms with Crippen LogP contribution in [0.1, 0.15) is 29.9 Å². The van der Waals surface area contributed by atoms with Crippen LogP contribution in [0.5, 0.6) is 0 Å². The Kier molecular flexibility index (Phi) is 6.11. The number of rotatable bonds is 9. The third-order valence-electron chi connectivity index (χ3n) is 4.75. The molecule has 0 spiro atoms. The first-order chi connectivity index (χ1) is 13.5. The maximum absolute atomic E-state index is 12.4. The lowest BCUT2D eigenvalue weighted by molar-refractivity contribution is -0.154. The highest BCUT2D eigenvalue weighted by Crippen LogP contribution is 2.44. The number of carbonyl (C=O) groups excluding carboxylic acids is 3. The fraction of sp³-hybridized carbons (Fsp3) is 0.273. The van der Waals surface area contributed by atoms with Crippen molar-refractivity contribution in [3.63, 3.8) is 0 Å². The van der Waals surface area contributed by atoms with Gasteiger partial charge in [0, 0.05) is 12.3 Å². The molecule has 0 aromatic heterocycles. The highest BCUT2D eigenvalue weighted by molar-refractivity contribution is 6.36. The molecule has 0 radical (unpaired) electrons. The Morgan fingerprint density at radius 1 is 1.04 bits per heavy atom. The number of benzene rings is 2. The number of ether oxygens (including phenoxy) is 1. The van der Waals surface area contributed by atoms with Crippen molar-refractivity contribution in [1.82, 2.24) is 0 Å². The van der Waals surface area contributed by atoms with Gasteiger partial charge in [-0.2, -0.15) is 0 Å². The van der Waals surface area contributed by atoms with E-state index in [2.05, 4.69) is 12.2 Å². The van der Waals surface area contributed by atoms with Gasteiger partial charge in [0.05, 0.1) is 13.3 Å². The quantitative estimate of drug-likeness (QED) is 0.412. The molecule has 0 aliphatic heterocycles. The molecule has 28 heavy (non-hydrogen) atoms. The molecule has 1 amide bonds. The van der Waals surface area contributed by atoms with E-state index in [4.69, 9.17) is 10.5 Å². The number of nitrogens with zero attached hydrogens (tertiary/aromatic N) is 1. The molecular weight excluding hydrogens is 356 g/mol. The molecular formula is C22H22N2O4. The smallest absolute Gasteiger partial charge is 0.373 e. The third kappa shape index (κ3) is 4.07. The Labute approximate surface area is 164 Å². The number of hydrogen-bond donors (Lipinski definition) is 1. The molecule has 6 nitrogen and oxygen atoms in total. The van der Waals surface area contributed by atoms with Gasteiger partial charge < -0.3 is 15.8 Å². The first kappa shape index (κ1) is 19.6. The number of primary amides is 1. The molecule has 2 aromatic carbocycles. The topological polar surface area (TPSA) is 101 Å². The number of esters is 1. The second kappa shape index (κ2) is 8.71. The molecule has 144 valence electrons. The summed E-state index contributed by atoms with van der Waals surface area (Å²) in [5, 5.41) is 4.04. The highest BCUT2D eigenvalue weighted by atomic mass is 16.5. The Morgan fingerprint density at radius 2 is 1.61 bits per heavy atom. The van der Waals surface area contributed by atoms with Gasteiger partial charge in [-0.25, -0.2) is 4.79 Å². The van der Waals surface area contributed by atoms with Gasteiger partial charge in [0.15, 0.2) is 0 Å². The number of fused-ring (bicyclic) bond motifs is 3. The van der Waals surface area contributed by atoms with Gasteiger partial charge in [-0.15, -0.1) is 6.54 Å². The van der Waals surface area contributed by atoms with Crippen LogP contribution in [0.25, 0.3) is 16.4 Å². The molecule has 0 unspecified atom stereocenters. The molecule has 1 aliphatic carbocycles. The molecule has 3 rings (SSSR count). The van der Waals surface area contributed by atoms with Gasteiger partial charge in [-0.3, -0.25) is 9.59 Å². The van der Waals surface area contributed by atoms with Gasteiger partial charge in [0.1, 0.15) is 6.61 Å². The van der Waals surface area contributed by atoms with Gasteiger partial charge in [0.2, 0.25) is 11.7 Å². The van der Waals surface area contributed by atoms with E-state index in [-0.39, 0.29) is 25.5 Å². The number of hydrogen-bond acceptors (Lipinski definition) is 4. The van der Waals surface area contributed by atoms with Gasteiger partial charge in [-0.05, 0) is 22.3 Å². The maximum Gasteiger partial charge on any atom is 0.373 e. The van der Waals surface area contributed by atoms with Gasteiger partial charge in [0.25, 0.3) is 0 Å². The first-order valence-electron chi connectivity index (χ1n) is 9.16. The monoisotopic (exact) mass is 378 g/mol. The predicted molar refractivity (Wildman–Crippen MR) is 105 cm³/mol. The Bertz CT molecular complexity index is 848. The molecule has 0 bridgehead atoms. The van der Waals surface area contributed by atoms with E-state index < -0.39 is 23.7 Å². The summed E-state index contributed by atoms with van der Waals surface area (Å²) >= 11 is 0. The van der Waals surface area contributed by atoms with Crippen LogP contribution < -0.4 is 5.73 Å². The maximum atomic E-state index is 12.4. The summed E-state index contributed by atoms with van der Waals surface area (Å²) in [7, 11) is 0. The number of carbonyl (C=O) groups is 3. The van der Waals surface area contributed by atoms with Crippen molar-refractivity contribution >= 4 is 17.7 Å². The van der Waals surface area contributed by atoms with Crippen molar-refractivity contribution in [3.8, 4) is 11.1 Å². The SMILES string of the molecule is [CH2+]CC[N-][C@@H](CC(N)=O)C(=O)C(=O)OCC1c2ccccc2-c2ccccc21. The van der Waals surface area contributed by atoms with Crippen molar-refractivity contribution < 1.29 is 19.1 Å². The molecule has 0 saturated carbocycles. The molecule has 1 aliphatic rings. The Morgan fingerprint density at radius 3 is 2.14 bits per heavy atom. The van der Waals surface area contributed by atoms with E-state index >= 15 is 0 Å². The highest BCUT2D eigenvalue weighted by Gasteiger charge is 2.30. The lowest BCUT2D eigenvalue weighted by Gasteiger charge is -2.27. The molecule has 0 fully saturated rings. The van der Waals surface area contributed by atoms with Crippen molar-refractivity contribution in [2.24, 2.45) is 5.73 Å². The van der Waals surface area contributed by atoms with Crippen molar-refractivity contribution in [2.75, 3.05) is 13.2 Å². The lowest BCUT2D eigenvalue weighted by atomic mass is 9.98. The predicted octanol–water partition coefficient (Wildman–Crippen LogP) is 2.75. The average Bonchev–Trinajstić information content (AvgIpc) is 3.02. The minimum Gasteiger partial charge on any atom is -0.649 e. The molecule has 6 heteroatoms. The number of Topliss-reactive ketones (excluding diaryl/α,β-unsaturated/α-hetero) is 1. The lowest BCUT2D eigenvalue weighted by Crippen LogP contribution is -2.34. The molecule has 1 atom stereocenters. The first-order valence-corrected chi connectivity index (χ1v) is 9.16. The third-order valence-corrected chi connectivity index (χ3v) is 4.75. The molecule has 0 saturated heterocycles. The van der Waals surface area contributed by atoms with E-state index in [9.17, 15) is 14.4 Å². The van der Waals surface area contributed by atoms with Crippen molar-refractivity contribution in [2.45, 2.75) is 24.8 Å². The minimum atomic E-state index is -1.12. The summed E-state index contributed by atoms with van der Waals surface area (Å²) in [6, 6.07) is 14.7. The summed E-state index contributed by atoms with van der Waals surface area (Å²) in [5.74, 6) is -2.69. The van der Waals surface area contributed by atoms with Crippen LogP contribution >= 0.6 is 0 Å². The Hall–Kier alpha value is -3.12. The summed E-state index contributed by atoms with van der Waals surface area (Å²) in [6.07, 6.45) is 0.135. The number of amides is 1. The van der Waals surface area contributed by atoms with Crippen LogP contribution in [0.15, 0.2) is 48.5 Å². The second-order valence-corrected chi connectivity index (χ2v) is 6.64. The van der Waals surface area contributed by atoms with Crippen LogP contribution in [0.3, 0.4) is 0 Å². The normalized spacial score (nSPS) is 13.4. The number of nitrogens with two attached hydrogens (primary N) is 1. The molecule has 2 N–H and O–H groups in total. The van der Waals surface area contributed by atoms with Crippen LogP contribution in [0.4, 0.5) is 0 Å². The van der Waals surface area contributed by atoms with Crippen molar-refractivity contribution in [3.05, 3.63) is 71.9 Å². The largest absolute Gasteiger partial charge is 0.649 e. The van der Waals surface area contributed by atoms with Crippen molar-refractivity contribution in [1.29, 1.82) is 0 Å². The van der Waals surface area contributed by atoms with Crippen LogP contribution in [-0.4, -0.2) is 36.9 Å². The summed E-state index contributed by atoms with van der Waals surface area (Å²) < 4.78 is 5.33. The summed E-state index contributed by atoms with van der Waals surface area (Å²) in [5.41, 5.74) is 9.47. The van der Waals surface area contributed by atoms with Gasteiger partial charge >= 0.3 is 5.97 Å². The summed E-state index contributed by atoms with van der Waals surface area (Å²) in [6.45, 7) is 3.94. The van der Waals surface area contributed by atoms with E-state index in [1.165, 1.54) is 0 Å². The molecule has 2 aromatic rings. The van der Waals surface area contributed by atoms with Crippen LogP contribution in [0, 0.1) is 6.92 Å². The second-order valence-electron chi connectivity index (χ2n) is 6.64. The van der Waals surface area contributed by atoms with E-state index in [1.807, 2.05) is 48.5 Å². The van der Waals surface area contributed by atoms with Gasteiger partial charge in [-0.1, -0.05) is 54.6 Å². The Balaban J connectivity index is 1.72. The summed E-state index contributed by atoms with van der Waals surface area (Å²) in [4.78, 5) is 35.9. The van der Waals surface area contributed by atoms with E-state index in [0.717, 1.165) is 22.3 Å². The zero-order chi connectivity index (χ0) is 20.1. The molecule has 0 heterocycles. The minimum absolute atomic E-state index is 0.0389. The zero-order valence-electron chi connectivity index (χ0n) is 15.5. The van der Waals surface area contributed by atoms with Crippen LogP contribution in [0.2, 0.25) is 0 Å².